The Balaban J connectivity index is 1.36. The van der Waals surface area contributed by atoms with Gasteiger partial charge < -0.3 is 4.74 Å². The molecule has 1 spiro atoms. The Morgan fingerprint density at radius 1 is 1.23 bits per heavy atom. The summed E-state index contributed by atoms with van der Waals surface area (Å²) in [5, 5.41) is 0. The summed E-state index contributed by atoms with van der Waals surface area (Å²) < 4.78 is 5.89. The topological polar surface area (TPSA) is 15.7 Å². The van der Waals surface area contributed by atoms with Crippen molar-refractivity contribution in [3.05, 3.63) is 21.9 Å². The number of piperidine rings is 1. The first kappa shape index (κ1) is 15.1. The molecule has 2 aliphatic heterocycles. The molecule has 0 bridgehead atoms. The lowest BCUT2D eigenvalue weighted by atomic mass is 9.85. The minimum atomic E-state index is 0.350. The Bertz CT molecular complexity index is 503. The number of ether oxygens (including phenoxy) is 1. The molecule has 3 nitrogen and oxygen atoms in total. The highest BCUT2D eigenvalue weighted by atomic mass is 32.1. The number of thiophene rings is 1. The molecule has 4 heteroatoms. The Morgan fingerprint density at radius 3 is 2.73 bits per heavy atom. The third-order valence-electron chi connectivity index (χ3n) is 5.68. The van der Waals surface area contributed by atoms with E-state index in [1.54, 1.807) is 0 Å². The molecule has 2 saturated heterocycles. The van der Waals surface area contributed by atoms with E-state index in [-0.39, 0.29) is 0 Å². The fourth-order valence-electron chi connectivity index (χ4n) is 4.04. The van der Waals surface area contributed by atoms with Gasteiger partial charge in [-0.05, 0) is 50.7 Å². The van der Waals surface area contributed by atoms with E-state index in [0.717, 1.165) is 32.2 Å². The van der Waals surface area contributed by atoms with Crippen molar-refractivity contribution in [2.45, 2.75) is 44.7 Å². The van der Waals surface area contributed by atoms with E-state index >= 15 is 0 Å². The first-order valence-electron chi connectivity index (χ1n) is 8.84. The van der Waals surface area contributed by atoms with Gasteiger partial charge in [0.15, 0.2) is 0 Å². The van der Waals surface area contributed by atoms with E-state index in [4.69, 9.17) is 4.74 Å². The number of rotatable bonds is 4. The maximum atomic E-state index is 5.89. The van der Waals surface area contributed by atoms with E-state index in [1.165, 1.54) is 55.1 Å². The van der Waals surface area contributed by atoms with Gasteiger partial charge in [-0.1, -0.05) is 0 Å². The van der Waals surface area contributed by atoms with Crippen LogP contribution in [-0.4, -0.2) is 54.7 Å². The predicted molar refractivity (Wildman–Crippen MR) is 91.4 cm³/mol. The van der Waals surface area contributed by atoms with Crippen LogP contribution in [0.2, 0.25) is 0 Å². The molecule has 1 aromatic rings. The molecule has 22 heavy (non-hydrogen) atoms. The first-order chi connectivity index (χ1) is 10.7. The van der Waals surface area contributed by atoms with Gasteiger partial charge in [-0.2, -0.15) is 0 Å². The molecule has 0 N–H and O–H groups in total. The third-order valence-corrected chi connectivity index (χ3v) is 6.67. The van der Waals surface area contributed by atoms with Gasteiger partial charge in [0.2, 0.25) is 0 Å². The molecule has 1 saturated carbocycles. The maximum absolute atomic E-state index is 5.89. The summed E-state index contributed by atoms with van der Waals surface area (Å²) >= 11 is 1.95. The van der Waals surface area contributed by atoms with Crippen molar-refractivity contribution in [2.75, 3.05) is 39.4 Å². The summed E-state index contributed by atoms with van der Waals surface area (Å²) in [5.74, 6) is 0.988. The molecule has 1 aromatic heterocycles. The van der Waals surface area contributed by atoms with Crippen LogP contribution in [0.1, 0.15) is 35.4 Å². The second-order valence-corrected chi connectivity index (χ2v) is 8.83. The largest absolute Gasteiger partial charge is 0.378 e. The number of aryl methyl sites for hydroxylation is 1. The average molecular weight is 321 g/mol. The minimum Gasteiger partial charge on any atom is -0.378 e. The van der Waals surface area contributed by atoms with Crippen molar-refractivity contribution >= 4 is 11.3 Å². The van der Waals surface area contributed by atoms with Crippen molar-refractivity contribution in [3.63, 3.8) is 0 Å². The first-order valence-corrected chi connectivity index (χ1v) is 9.66. The van der Waals surface area contributed by atoms with Crippen LogP contribution in [0.15, 0.2) is 12.1 Å². The third kappa shape index (κ3) is 3.25. The fraction of sp³-hybridized carbons (Fsp3) is 0.778. The van der Waals surface area contributed by atoms with E-state index < -0.39 is 0 Å². The standard InChI is InChI=1S/C18H28N2OS/c1-15-2-5-17(22-15)13-19-8-6-18(7-9-19)14-21-11-10-20(18)12-16-3-4-16/h2,5,16H,3-4,6-14H2,1H3. The van der Waals surface area contributed by atoms with Gasteiger partial charge in [0.25, 0.3) is 0 Å². The summed E-state index contributed by atoms with van der Waals surface area (Å²) in [6.45, 7) is 10.2. The van der Waals surface area contributed by atoms with Crippen LogP contribution in [0.5, 0.6) is 0 Å². The highest BCUT2D eigenvalue weighted by Gasteiger charge is 2.43. The maximum Gasteiger partial charge on any atom is 0.0652 e. The monoisotopic (exact) mass is 320 g/mol. The minimum absolute atomic E-state index is 0.350. The number of hydrogen-bond acceptors (Lipinski definition) is 4. The lowest BCUT2D eigenvalue weighted by Crippen LogP contribution is -2.61. The Morgan fingerprint density at radius 2 is 2.05 bits per heavy atom. The molecule has 3 heterocycles. The highest BCUT2D eigenvalue weighted by Crippen LogP contribution is 2.37. The van der Waals surface area contributed by atoms with E-state index in [1.807, 2.05) is 11.3 Å². The molecular weight excluding hydrogens is 292 g/mol. The Labute approximate surface area is 138 Å². The molecule has 0 radical (unpaired) electrons. The molecule has 3 fully saturated rings. The average Bonchev–Trinajstić information content (AvgIpc) is 3.25. The summed E-state index contributed by atoms with van der Waals surface area (Å²) in [5.41, 5.74) is 0.350. The predicted octanol–water partition coefficient (Wildman–Crippen LogP) is 3.13. The number of likely N-dealkylation sites (tertiary alicyclic amines) is 1. The molecule has 0 unspecified atom stereocenters. The Hall–Kier alpha value is -0.420. The van der Waals surface area contributed by atoms with Gasteiger partial charge in [-0.15, -0.1) is 11.3 Å². The highest BCUT2D eigenvalue weighted by molar-refractivity contribution is 7.11. The lowest BCUT2D eigenvalue weighted by Gasteiger charge is -2.51. The number of nitrogens with zero attached hydrogens (tertiary/aromatic N) is 2. The van der Waals surface area contributed by atoms with E-state index in [0.29, 0.717) is 5.54 Å². The van der Waals surface area contributed by atoms with Crippen LogP contribution in [0.4, 0.5) is 0 Å². The number of hydrogen-bond donors (Lipinski definition) is 0. The van der Waals surface area contributed by atoms with Crippen LogP contribution in [0.25, 0.3) is 0 Å². The van der Waals surface area contributed by atoms with Crippen molar-refractivity contribution in [2.24, 2.45) is 5.92 Å². The van der Waals surface area contributed by atoms with Crippen LogP contribution < -0.4 is 0 Å². The van der Waals surface area contributed by atoms with Crippen LogP contribution >= 0.6 is 11.3 Å². The summed E-state index contributed by atoms with van der Waals surface area (Å²) in [7, 11) is 0. The normalized spacial score (nSPS) is 26.6. The van der Waals surface area contributed by atoms with Gasteiger partial charge >= 0.3 is 0 Å². The summed E-state index contributed by atoms with van der Waals surface area (Å²) in [6.07, 6.45) is 5.47. The zero-order chi connectivity index (χ0) is 15.0. The van der Waals surface area contributed by atoms with Crippen molar-refractivity contribution in [1.29, 1.82) is 0 Å². The molecular formula is C18H28N2OS. The zero-order valence-corrected chi connectivity index (χ0v) is 14.5. The van der Waals surface area contributed by atoms with Crippen LogP contribution in [0.3, 0.4) is 0 Å². The summed E-state index contributed by atoms with van der Waals surface area (Å²) in [4.78, 5) is 8.38. The van der Waals surface area contributed by atoms with Crippen LogP contribution in [0, 0.1) is 12.8 Å². The van der Waals surface area contributed by atoms with Crippen molar-refractivity contribution in [1.82, 2.24) is 9.80 Å². The van der Waals surface area contributed by atoms with E-state index in [2.05, 4.69) is 28.9 Å². The molecule has 3 aliphatic rings. The zero-order valence-electron chi connectivity index (χ0n) is 13.7. The van der Waals surface area contributed by atoms with Gasteiger partial charge in [-0.25, -0.2) is 0 Å². The number of morpholine rings is 1. The van der Waals surface area contributed by atoms with Gasteiger partial charge in [0, 0.05) is 48.0 Å². The second kappa shape index (κ2) is 6.23. The molecule has 0 aromatic carbocycles. The van der Waals surface area contributed by atoms with Gasteiger partial charge in [-0.3, -0.25) is 9.80 Å². The van der Waals surface area contributed by atoms with Gasteiger partial charge in [0.1, 0.15) is 0 Å². The van der Waals surface area contributed by atoms with Crippen LogP contribution in [-0.2, 0) is 11.3 Å². The molecule has 0 atom stereocenters. The van der Waals surface area contributed by atoms with E-state index in [9.17, 15) is 0 Å². The van der Waals surface area contributed by atoms with Gasteiger partial charge in [0.05, 0.1) is 13.2 Å². The molecule has 4 rings (SSSR count). The fourth-order valence-corrected chi connectivity index (χ4v) is 4.97. The summed E-state index contributed by atoms with van der Waals surface area (Å²) in [6, 6.07) is 4.55. The molecule has 1 aliphatic carbocycles. The smallest absolute Gasteiger partial charge is 0.0652 e. The molecule has 122 valence electrons. The Kier molecular flexibility index (Phi) is 4.29. The lowest BCUT2D eigenvalue weighted by molar-refractivity contribution is -0.0970. The van der Waals surface area contributed by atoms with Crippen molar-refractivity contribution < 1.29 is 4.74 Å². The molecule has 0 amide bonds. The second-order valence-electron chi connectivity index (χ2n) is 7.45. The van der Waals surface area contributed by atoms with Crippen molar-refractivity contribution in [3.8, 4) is 0 Å². The quantitative estimate of drug-likeness (QED) is 0.848. The SMILES string of the molecule is Cc1ccc(CN2CCC3(CC2)COCCN3CC2CC2)s1.